The van der Waals surface area contributed by atoms with E-state index < -0.39 is 5.97 Å². The molecule has 4 heteroatoms. The van der Waals surface area contributed by atoms with Gasteiger partial charge in [0.1, 0.15) is 0 Å². The predicted molar refractivity (Wildman–Crippen MR) is 70.7 cm³/mol. The van der Waals surface area contributed by atoms with Crippen LogP contribution in [0.1, 0.15) is 30.4 Å². The van der Waals surface area contributed by atoms with Gasteiger partial charge in [0, 0.05) is 13.0 Å². The summed E-state index contributed by atoms with van der Waals surface area (Å²) in [7, 11) is 0. The Hall–Kier alpha value is -1.84. The van der Waals surface area contributed by atoms with Crippen molar-refractivity contribution in [2.24, 2.45) is 0 Å². The number of rotatable bonds is 5. The summed E-state index contributed by atoms with van der Waals surface area (Å²) in [6.07, 6.45) is 3.65. The molecule has 1 heterocycles. The van der Waals surface area contributed by atoms with Gasteiger partial charge >= 0.3 is 5.97 Å². The number of aromatic nitrogens is 2. The van der Waals surface area contributed by atoms with Gasteiger partial charge in [0.2, 0.25) is 0 Å². The van der Waals surface area contributed by atoms with E-state index in [0.29, 0.717) is 6.42 Å². The van der Waals surface area contributed by atoms with E-state index in [1.807, 2.05) is 6.33 Å². The Kier molecular flexibility index (Phi) is 3.65. The van der Waals surface area contributed by atoms with Gasteiger partial charge in [-0.3, -0.25) is 4.79 Å². The summed E-state index contributed by atoms with van der Waals surface area (Å²) < 4.78 is 2.10. The van der Waals surface area contributed by atoms with Gasteiger partial charge in [0.25, 0.3) is 0 Å². The van der Waals surface area contributed by atoms with Gasteiger partial charge in [-0.2, -0.15) is 0 Å². The second-order valence-corrected chi connectivity index (χ2v) is 4.71. The fourth-order valence-corrected chi connectivity index (χ4v) is 2.05. The second-order valence-electron chi connectivity index (χ2n) is 4.71. The number of benzene rings is 1. The lowest BCUT2D eigenvalue weighted by Gasteiger charge is -2.05. The minimum atomic E-state index is -0.725. The first-order chi connectivity index (χ1) is 8.58. The minimum absolute atomic E-state index is 0.241. The highest BCUT2D eigenvalue weighted by Gasteiger charge is 2.05. The summed E-state index contributed by atoms with van der Waals surface area (Å²) in [4.78, 5) is 14.8. The zero-order valence-electron chi connectivity index (χ0n) is 10.8. The predicted octanol–water partition coefficient (Wildman–Crippen LogP) is 2.91. The van der Waals surface area contributed by atoms with Crippen molar-refractivity contribution in [3.8, 4) is 0 Å². The fraction of sp³-hybridized carbons (Fsp3) is 0.429. The summed E-state index contributed by atoms with van der Waals surface area (Å²) in [6, 6.07) is 4.24. The lowest BCUT2D eigenvalue weighted by Crippen LogP contribution is -1.99. The third-order valence-electron chi connectivity index (χ3n) is 3.28. The van der Waals surface area contributed by atoms with Crippen molar-refractivity contribution in [2.75, 3.05) is 0 Å². The number of aryl methyl sites for hydroxylation is 3. The van der Waals surface area contributed by atoms with Crippen LogP contribution in [0.25, 0.3) is 11.0 Å². The van der Waals surface area contributed by atoms with Crippen LogP contribution in [0.4, 0.5) is 0 Å². The standard InChI is InChI=1S/C14H18N2O2/c1-10-7-12-13(8-11(10)2)16(9-15-12)6-4-3-5-14(17)18/h7-9H,3-6H2,1-2H3,(H,17,18). The highest BCUT2D eigenvalue weighted by molar-refractivity contribution is 5.77. The van der Waals surface area contributed by atoms with E-state index in [4.69, 9.17) is 5.11 Å². The number of carboxylic acids is 1. The number of aliphatic carboxylic acids is 1. The number of fused-ring (bicyclic) bond motifs is 1. The quantitative estimate of drug-likeness (QED) is 0.825. The molecule has 1 N–H and O–H groups in total. The topological polar surface area (TPSA) is 55.1 Å². The third kappa shape index (κ3) is 2.70. The third-order valence-corrected chi connectivity index (χ3v) is 3.28. The van der Waals surface area contributed by atoms with Crippen LogP contribution >= 0.6 is 0 Å². The smallest absolute Gasteiger partial charge is 0.303 e. The van der Waals surface area contributed by atoms with Crippen LogP contribution in [-0.2, 0) is 11.3 Å². The molecule has 0 radical (unpaired) electrons. The molecule has 0 aliphatic rings. The number of carbonyl (C=O) groups is 1. The molecule has 96 valence electrons. The molecule has 0 aliphatic heterocycles. The lowest BCUT2D eigenvalue weighted by molar-refractivity contribution is -0.137. The second kappa shape index (κ2) is 5.21. The van der Waals surface area contributed by atoms with Crippen LogP contribution in [0.3, 0.4) is 0 Å². The first kappa shape index (κ1) is 12.6. The maximum Gasteiger partial charge on any atom is 0.303 e. The van der Waals surface area contributed by atoms with Gasteiger partial charge in [0.15, 0.2) is 0 Å². The fourth-order valence-electron chi connectivity index (χ4n) is 2.05. The molecule has 0 amide bonds. The largest absolute Gasteiger partial charge is 0.481 e. The van der Waals surface area contributed by atoms with Gasteiger partial charge in [-0.05, 0) is 49.9 Å². The van der Waals surface area contributed by atoms with Gasteiger partial charge in [-0.25, -0.2) is 4.98 Å². The summed E-state index contributed by atoms with van der Waals surface area (Å²) in [5.41, 5.74) is 4.65. The van der Waals surface area contributed by atoms with E-state index in [1.165, 1.54) is 11.1 Å². The molecule has 1 aromatic heterocycles. The number of hydrogen-bond donors (Lipinski definition) is 1. The molecule has 18 heavy (non-hydrogen) atoms. The lowest BCUT2D eigenvalue weighted by atomic mass is 10.1. The average Bonchev–Trinajstić information content (AvgIpc) is 2.68. The van der Waals surface area contributed by atoms with Gasteiger partial charge in [-0.1, -0.05) is 0 Å². The monoisotopic (exact) mass is 246 g/mol. The molecule has 0 unspecified atom stereocenters. The van der Waals surface area contributed by atoms with E-state index in [9.17, 15) is 4.79 Å². The van der Waals surface area contributed by atoms with E-state index in [-0.39, 0.29) is 6.42 Å². The highest BCUT2D eigenvalue weighted by Crippen LogP contribution is 2.18. The molecule has 4 nitrogen and oxygen atoms in total. The van der Waals surface area contributed by atoms with Crippen LogP contribution in [0, 0.1) is 13.8 Å². The van der Waals surface area contributed by atoms with Crippen molar-refractivity contribution in [3.05, 3.63) is 29.6 Å². The number of carboxylic acid groups (broad SMARTS) is 1. The maximum atomic E-state index is 10.4. The number of nitrogens with zero attached hydrogens (tertiary/aromatic N) is 2. The van der Waals surface area contributed by atoms with Gasteiger partial charge in [0.05, 0.1) is 17.4 Å². The minimum Gasteiger partial charge on any atom is -0.481 e. The summed E-state index contributed by atoms with van der Waals surface area (Å²) in [5.74, 6) is -0.725. The number of imidazole rings is 1. The first-order valence-corrected chi connectivity index (χ1v) is 6.22. The Morgan fingerprint density at radius 1 is 1.28 bits per heavy atom. The van der Waals surface area contributed by atoms with Crippen LogP contribution < -0.4 is 0 Å². The van der Waals surface area contributed by atoms with Crippen molar-refractivity contribution in [1.82, 2.24) is 9.55 Å². The van der Waals surface area contributed by atoms with Crippen molar-refractivity contribution < 1.29 is 9.90 Å². The Balaban J connectivity index is 2.09. The van der Waals surface area contributed by atoms with Gasteiger partial charge < -0.3 is 9.67 Å². The number of hydrogen-bond acceptors (Lipinski definition) is 2. The Bertz CT molecular complexity index is 572. The average molecular weight is 246 g/mol. The highest BCUT2D eigenvalue weighted by atomic mass is 16.4. The Morgan fingerprint density at radius 3 is 2.72 bits per heavy atom. The Morgan fingerprint density at radius 2 is 2.00 bits per heavy atom. The van der Waals surface area contributed by atoms with Crippen molar-refractivity contribution >= 4 is 17.0 Å². The van der Waals surface area contributed by atoms with Crippen LogP contribution in [0.2, 0.25) is 0 Å². The zero-order valence-corrected chi connectivity index (χ0v) is 10.8. The van der Waals surface area contributed by atoms with E-state index in [0.717, 1.165) is 24.0 Å². The van der Waals surface area contributed by atoms with Crippen molar-refractivity contribution in [1.29, 1.82) is 0 Å². The number of unbranched alkanes of at least 4 members (excludes halogenated alkanes) is 1. The summed E-state index contributed by atoms with van der Waals surface area (Å²) >= 11 is 0. The Labute approximate surface area is 106 Å². The SMILES string of the molecule is Cc1cc2ncn(CCCCC(=O)O)c2cc1C. The molecule has 0 aliphatic carbocycles. The zero-order chi connectivity index (χ0) is 13.1. The molecule has 0 spiro atoms. The van der Waals surface area contributed by atoms with Crippen LogP contribution in [-0.4, -0.2) is 20.6 Å². The van der Waals surface area contributed by atoms with Crippen molar-refractivity contribution in [3.63, 3.8) is 0 Å². The molecular weight excluding hydrogens is 228 g/mol. The van der Waals surface area contributed by atoms with Crippen LogP contribution in [0.15, 0.2) is 18.5 Å². The molecule has 0 saturated carbocycles. The van der Waals surface area contributed by atoms with Gasteiger partial charge in [-0.15, -0.1) is 0 Å². The van der Waals surface area contributed by atoms with E-state index in [1.54, 1.807) is 0 Å². The summed E-state index contributed by atoms with van der Waals surface area (Å²) in [6.45, 7) is 5.00. The molecule has 0 atom stereocenters. The summed E-state index contributed by atoms with van der Waals surface area (Å²) in [5, 5.41) is 8.59. The van der Waals surface area contributed by atoms with E-state index >= 15 is 0 Å². The molecular formula is C14H18N2O2. The molecule has 0 bridgehead atoms. The van der Waals surface area contributed by atoms with Crippen molar-refractivity contribution in [2.45, 2.75) is 39.7 Å². The normalized spacial score (nSPS) is 11.0. The van der Waals surface area contributed by atoms with E-state index in [2.05, 4.69) is 35.5 Å². The first-order valence-electron chi connectivity index (χ1n) is 6.22. The molecule has 0 saturated heterocycles. The molecule has 2 aromatic rings. The maximum absolute atomic E-state index is 10.4. The molecule has 2 rings (SSSR count). The molecule has 1 aromatic carbocycles. The molecule has 0 fully saturated rings. The van der Waals surface area contributed by atoms with Crippen LogP contribution in [0.5, 0.6) is 0 Å².